The topological polar surface area (TPSA) is 91.0 Å². The van der Waals surface area contributed by atoms with Crippen LogP contribution in [0.2, 0.25) is 0 Å². The van der Waals surface area contributed by atoms with Crippen molar-refractivity contribution >= 4 is 25.7 Å². The van der Waals surface area contributed by atoms with Crippen molar-refractivity contribution in [3.05, 3.63) is 23.7 Å². The van der Waals surface area contributed by atoms with Gasteiger partial charge in [0.1, 0.15) is 13.4 Å². The fourth-order valence-electron chi connectivity index (χ4n) is 4.49. The summed E-state index contributed by atoms with van der Waals surface area (Å²) in [7, 11) is 5.84. The van der Waals surface area contributed by atoms with Crippen molar-refractivity contribution in [3.8, 4) is 0 Å². The number of aliphatic imine (C=N–C) groups is 1. The molecule has 7 nitrogen and oxygen atoms in total. The van der Waals surface area contributed by atoms with Crippen LogP contribution in [0.3, 0.4) is 0 Å². The van der Waals surface area contributed by atoms with Crippen LogP contribution in [0.1, 0.15) is 46.5 Å². The average Bonchev–Trinajstić information content (AvgIpc) is 2.84. The normalized spacial score (nSPS) is 28.0. The van der Waals surface area contributed by atoms with Gasteiger partial charge in [-0.05, 0) is 44.4 Å². The number of hydrogen-bond acceptors (Lipinski definition) is 4. The van der Waals surface area contributed by atoms with E-state index in [0.29, 0.717) is 50.3 Å². The minimum absolute atomic E-state index is 0.00129. The first-order valence-electron chi connectivity index (χ1n) is 10.5. The van der Waals surface area contributed by atoms with E-state index in [1.165, 1.54) is 0 Å². The summed E-state index contributed by atoms with van der Waals surface area (Å²) in [6.45, 7) is 7.95. The third-order valence-corrected chi connectivity index (χ3v) is 5.91. The van der Waals surface area contributed by atoms with Gasteiger partial charge in [0.15, 0.2) is 5.96 Å². The lowest BCUT2D eigenvalue weighted by atomic mass is 9.86. The maximum absolute atomic E-state index is 12.9. The Bertz CT molecular complexity index is 739. The minimum Gasteiger partial charge on any atom is -0.369 e. The molecule has 2 aliphatic heterocycles. The van der Waals surface area contributed by atoms with Gasteiger partial charge in [0.25, 0.3) is 5.91 Å². The molecular weight excluding hydrogens is 365 g/mol. The number of urea groups is 1. The van der Waals surface area contributed by atoms with Gasteiger partial charge in [-0.25, -0.2) is 9.79 Å². The Balaban J connectivity index is 1.48. The summed E-state index contributed by atoms with van der Waals surface area (Å²) in [5.74, 6) is 1.00. The third-order valence-electron chi connectivity index (χ3n) is 5.91. The summed E-state index contributed by atoms with van der Waals surface area (Å²) < 4.78 is 0. The van der Waals surface area contributed by atoms with Gasteiger partial charge in [0.2, 0.25) is 0 Å². The number of likely N-dealkylation sites (tertiary alicyclic amines) is 1. The van der Waals surface area contributed by atoms with Crippen molar-refractivity contribution in [1.29, 1.82) is 0 Å². The Morgan fingerprint density at radius 2 is 2.10 bits per heavy atom. The van der Waals surface area contributed by atoms with Crippen LogP contribution in [0.5, 0.6) is 0 Å². The molecule has 1 aliphatic carbocycles. The summed E-state index contributed by atoms with van der Waals surface area (Å²) in [5, 5.41) is 3.03. The number of rotatable bonds is 5. The van der Waals surface area contributed by atoms with Crippen molar-refractivity contribution in [3.63, 3.8) is 0 Å². The van der Waals surface area contributed by atoms with Crippen LogP contribution in [0.4, 0.5) is 4.79 Å². The molecule has 29 heavy (non-hydrogen) atoms. The predicted octanol–water partition coefficient (Wildman–Crippen LogP) is 1.75. The molecule has 1 fully saturated rings. The van der Waals surface area contributed by atoms with Crippen molar-refractivity contribution in [2.45, 2.75) is 58.0 Å². The Hall–Kier alpha value is -2.25. The zero-order valence-corrected chi connectivity index (χ0v) is 17.7. The number of piperidine rings is 1. The molecule has 3 N–H and O–H groups in total. The second kappa shape index (κ2) is 8.63. The van der Waals surface area contributed by atoms with Gasteiger partial charge in [0, 0.05) is 19.6 Å². The van der Waals surface area contributed by atoms with E-state index >= 15 is 0 Å². The van der Waals surface area contributed by atoms with Crippen LogP contribution >= 0.6 is 0 Å². The molecule has 1 saturated heterocycles. The first-order valence-corrected chi connectivity index (χ1v) is 10.5. The van der Waals surface area contributed by atoms with Crippen LogP contribution in [0.15, 0.2) is 28.7 Å². The van der Waals surface area contributed by atoms with Gasteiger partial charge >= 0.3 is 6.03 Å². The molecule has 3 rings (SSSR count). The van der Waals surface area contributed by atoms with Gasteiger partial charge in [-0.2, -0.15) is 0 Å². The van der Waals surface area contributed by atoms with E-state index in [0.717, 1.165) is 18.3 Å². The molecule has 3 aliphatic rings. The van der Waals surface area contributed by atoms with E-state index in [1.54, 1.807) is 4.90 Å². The lowest BCUT2D eigenvalue weighted by Gasteiger charge is -2.35. The molecule has 2 atom stereocenters. The van der Waals surface area contributed by atoms with Crippen molar-refractivity contribution in [1.82, 2.24) is 15.1 Å². The first kappa shape index (κ1) is 21.5. The highest BCUT2D eigenvalue weighted by Crippen LogP contribution is 2.30. The number of allylic oxidation sites excluding steroid dienone is 2. The summed E-state index contributed by atoms with van der Waals surface area (Å²) in [4.78, 5) is 33.4. The maximum Gasteiger partial charge on any atom is 0.317 e. The molecule has 156 valence electrons. The third kappa shape index (κ3) is 5.03. The molecule has 2 heterocycles. The Morgan fingerprint density at radius 3 is 2.72 bits per heavy atom. The molecule has 0 aromatic heterocycles. The highest BCUT2D eigenvalue weighted by atomic mass is 16.2. The Labute approximate surface area is 174 Å². The molecule has 0 aromatic rings. The van der Waals surface area contributed by atoms with Crippen molar-refractivity contribution in [2.24, 2.45) is 22.6 Å². The molecule has 0 spiro atoms. The lowest BCUT2D eigenvalue weighted by Crippen LogP contribution is -2.50. The molecule has 0 aromatic carbocycles. The highest BCUT2D eigenvalue weighted by molar-refractivity contribution is 6.21. The predicted molar refractivity (Wildman–Crippen MR) is 115 cm³/mol. The van der Waals surface area contributed by atoms with Crippen molar-refractivity contribution in [2.75, 3.05) is 19.6 Å². The smallest absolute Gasteiger partial charge is 0.317 e. The second-order valence-corrected chi connectivity index (χ2v) is 9.07. The quantitative estimate of drug-likeness (QED) is 0.693. The maximum atomic E-state index is 12.9. The highest BCUT2D eigenvalue weighted by Gasteiger charge is 2.44. The van der Waals surface area contributed by atoms with Crippen LogP contribution in [0.25, 0.3) is 0 Å². The van der Waals surface area contributed by atoms with E-state index in [1.807, 2.05) is 30.1 Å². The first-order chi connectivity index (χ1) is 13.7. The van der Waals surface area contributed by atoms with Gasteiger partial charge in [0.05, 0.1) is 6.04 Å². The van der Waals surface area contributed by atoms with E-state index < -0.39 is 5.54 Å². The molecule has 3 amide bonds. The molecule has 8 heteroatoms. The second-order valence-electron chi connectivity index (χ2n) is 9.07. The number of amides is 3. The molecule has 2 unspecified atom stereocenters. The average molecular weight is 397 g/mol. The van der Waals surface area contributed by atoms with E-state index in [-0.39, 0.29) is 18.0 Å². The van der Waals surface area contributed by atoms with E-state index in [2.05, 4.69) is 24.2 Å². The van der Waals surface area contributed by atoms with Crippen LogP contribution in [-0.2, 0) is 4.79 Å². The molecule has 0 bridgehead atoms. The number of nitrogens with zero attached hydrogens (tertiary/aromatic N) is 3. The number of hydrogen-bond donors (Lipinski definition) is 2. The zero-order chi connectivity index (χ0) is 21.2. The van der Waals surface area contributed by atoms with E-state index in [4.69, 9.17) is 13.6 Å². The zero-order valence-electron chi connectivity index (χ0n) is 17.7. The van der Waals surface area contributed by atoms with Crippen molar-refractivity contribution < 1.29 is 9.59 Å². The fourth-order valence-corrected chi connectivity index (χ4v) is 4.49. The number of guanidine groups is 1. The van der Waals surface area contributed by atoms with Gasteiger partial charge in [-0.3, -0.25) is 9.69 Å². The van der Waals surface area contributed by atoms with Crippen LogP contribution in [0, 0.1) is 11.8 Å². The van der Waals surface area contributed by atoms with Crippen LogP contribution < -0.4 is 11.1 Å². The van der Waals surface area contributed by atoms with Crippen LogP contribution in [-0.4, -0.2) is 66.8 Å². The summed E-state index contributed by atoms with van der Waals surface area (Å²) >= 11 is 0. The fraction of sp³-hybridized carbons (Fsp3) is 0.667. The van der Waals surface area contributed by atoms with Gasteiger partial charge in [-0.1, -0.05) is 32.1 Å². The molecule has 0 saturated carbocycles. The summed E-state index contributed by atoms with van der Waals surface area (Å²) in [5.41, 5.74) is 6.11. The standard InChI is InChI=1S/C21H32BN5O2/c1-14(2)12-21(3)18(28)27(19(23)25-21)13-15-7-9-26(10-8-15)20(29)24-17-6-4-5-16(22)11-17/h4-6,14-15,17H,7-13H2,1-3H3,(H2,23,25)(H,24,29). The minimum atomic E-state index is -0.747. The number of carbonyl (C=O) groups is 2. The van der Waals surface area contributed by atoms with E-state index in [9.17, 15) is 9.59 Å². The SMILES string of the molecule is [B]C1=CC=CC(NC(=O)N2CCC(CN3C(=O)C(C)(CC(C)C)N=C3N)CC2)C1. The Kier molecular flexibility index (Phi) is 6.39. The number of carbonyl (C=O) groups excluding carboxylic acids is 2. The summed E-state index contributed by atoms with van der Waals surface area (Å²) in [6.07, 6.45) is 8.70. The monoisotopic (exact) mass is 397 g/mol. The summed E-state index contributed by atoms with van der Waals surface area (Å²) in [6, 6.07) is -0.113. The largest absolute Gasteiger partial charge is 0.369 e. The lowest BCUT2D eigenvalue weighted by molar-refractivity contribution is -0.131. The molecule has 2 radical (unpaired) electrons. The number of nitrogens with two attached hydrogens (primary N) is 1. The van der Waals surface area contributed by atoms with Gasteiger partial charge < -0.3 is 16.0 Å². The van der Waals surface area contributed by atoms with Gasteiger partial charge in [-0.15, -0.1) is 5.47 Å². The number of nitrogens with one attached hydrogen (secondary N) is 1. The Morgan fingerprint density at radius 1 is 1.41 bits per heavy atom. The molecular formula is C21H32BN5O2.